The molecule has 0 aliphatic carbocycles. The molecule has 0 amide bonds. The molecule has 8 nitrogen and oxygen atoms in total. The van der Waals surface area contributed by atoms with Crippen LogP contribution in [0.4, 0.5) is 5.82 Å². The second-order valence-corrected chi connectivity index (χ2v) is 4.72. The maximum atomic E-state index is 11.9. The van der Waals surface area contributed by atoms with Crippen molar-refractivity contribution in [3.8, 4) is 0 Å². The predicted octanol–water partition coefficient (Wildman–Crippen LogP) is -0.285. The van der Waals surface area contributed by atoms with E-state index in [2.05, 4.69) is 10.3 Å². The fraction of sp³-hybridized carbons (Fsp3) is 0.500. The number of nitrogens with zero attached hydrogens (tertiary/aromatic N) is 2. The average molecular weight is 283 g/mol. The van der Waals surface area contributed by atoms with E-state index in [1.807, 2.05) is 13.8 Å². The summed E-state index contributed by atoms with van der Waals surface area (Å²) in [7, 11) is 0. The Hall–Kier alpha value is -2.06. The Morgan fingerprint density at radius 2 is 2.25 bits per heavy atom. The zero-order valence-electron chi connectivity index (χ0n) is 11.1. The van der Waals surface area contributed by atoms with Crippen LogP contribution in [0.5, 0.6) is 0 Å². The van der Waals surface area contributed by atoms with Crippen molar-refractivity contribution in [1.82, 2.24) is 9.55 Å². The lowest BCUT2D eigenvalue weighted by molar-refractivity contribution is -0.0171. The molecule has 2 atom stereocenters. The van der Waals surface area contributed by atoms with Crippen molar-refractivity contribution in [2.75, 3.05) is 11.9 Å². The van der Waals surface area contributed by atoms with Crippen LogP contribution in [0, 0.1) is 0 Å². The highest BCUT2D eigenvalue weighted by Crippen LogP contribution is 2.29. The molecule has 20 heavy (non-hydrogen) atoms. The summed E-state index contributed by atoms with van der Waals surface area (Å²) in [6.07, 6.45) is -1.15. The third-order valence-corrected chi connectivity index (χ3v) is 2.78. The monoisotopic (exact) mass is 283 g/mol. The third kappa shape index (κ3) is 2.61. The van der Waals surface area contributed by atoms with Gasteiger partial charge in [-0.2, -0.15) is 4.98 Å². The number of hydrogen-bond donors (Lipinski definition) is 4. The van der Waals surface area contributed by atoms with Gasteiger partial charge < -0.3 is 25.4 Å². The second kappa shape index (κ2) is 5.51. The van der Waals surface area contributed by atoms with Crippen LogP contribution >= 0.6 is 0 Å². The molecular formula is C12H17N3O5. The number of aliphatic hydroxyl groups excluding tert-OH is 3. The van der Waals surface area contributed by atoms with Crippen molar-refractivity contribution >= 4 is 5.82 Å². The Morgan fingerprint density at radius 3 is 2.75 bits per heavy atom. The quantitative estimate of drug-likeness (QED) is 0.600. The molecule has 0 bridgehead atoms. The van der Waals surface area contributed by atoms with Crippen molar-refractivity contribution in [3.05, 3.63) is 34.3 Å². The largest absolute Gasteiger partial charge is 0.506 e. The highest BCUT2D eigenvalue weighted by Gasteiger charge is 2.37. The SMILES string of the molecule is CC(C)Nc1ccn([C@@H]2OC(CO)=C(O)C2O)c(=O)n1. The van der Waals surface area contributed by atoms with Crippen LogP contribution in [-0.4, -0.2) is 43.6 Å². The Morgan fingerprint density at radius 1 is 1.55 bits per heavy atom. The van der Waals surface area contributed by atoms with Crippen LogP contribution in [-0.2, 0) is 4.74 Å². The van der Waals surface area contributed by atoms with E-state index in [9.17, 15) is 15.0 Å². The average Bonchev–Trinajstić information content (AvgIpc) is 2.66. The van der Waals surface area contributed by atoms with Crippen molar-refractivity contribution < 1.29 is 20.1 Å². The number of ether oxygens (including phenoxy) is 1. The molecule has 2 rings (SSSR count). The van der Waals surface area contributed by atoms with Gasteiger partial charge >= 0.3 is 5.69 Å². The topological polar surface area (TPSA) is 117 Å². The maximum absolute atomic E-state index is 11.9. The Bertz CT molecular complexity index is 581. The second-order valence-electron chi connectivity index (χ2n) is 4.72. The van der Waals surface area contributed by atoms with Crippen molar-refractivity contribution in [2.24, 2.45) is 0 Å². The van der Waals surface area contributed by atoms with E-state index in [1.165, 1.54) is 6.20 Å². The highest BCUT2D eigenvalue weighted by atomic mass is 16.5. The number of aromatic nitrogens is 2. The van der Waals surface area contributed by atoms with E-state index < -0.39 is 30.4 Å². The number of nitrogens with one attached hydrogen (secondary N) is 1. The Labute approximate surface area is 115 Å². The van der Waals surface area contributed by atoms with Crippen molar-refractivity contribution in [1.29, 1.82) is 0 Å². The molecule has 1 aromatic rings. The summed E-state index contributed by atoms with van der Waals surface area (Å²) in [4.78, 5) is 15.7. The molecular weight excluding hydrogens is 266 g/mol. The molecule has 2 heterocycles. The summed E-state index contributed by atoms with van der Waals surface area (Å²) < 4.78 is 6.21. The first-order chi connectivity index (χ1) is 9.43. The van der Waals surface area contributed by atoms with E-state index in [-0.39, 0.29) is 11.8 Å². The van der Waals surface area contributed by atoms with Crippen molar-refractivity contribution in [3.63, 3.8) is 0 Å². The van der Waals surface area contributed by atoms with E-state index in [1.54, 1.807) is 6.07 Å². The van der Waals surface area contributed by atoms with Gasteiger partial charge in [0.2, 0.25) is 6.23 Å². The Balaban J connectivity index is 2.25. The summed E-state index contributed by atoms with van der Waals surface area (Å²) in [5, 5.41) is 31.3. The molecule has 0 aromatic carbocycles. The molecule has 1 unspecified atom stereocenters. The summed E-state index contributed by atoms with van der Waals surface area (Å²) in [6.45, 7) is 3.26. The maximum Gasteiger partial charge on any atom is 0.352 e. The number of aliphatic hydroxyl groups is 3. The third-order valence-electron chi connectivity index (χ3n) is 2.78. The highest BCUT2D eigenvalue weighted by molar-refractivity contribution is 5.32. The number of rotatable bonds is 4. The van der Waals surface area contributed by atoms with Gasteiger partial charge in [-0.15, -0.1) is 0 Å². The van der Waals surface area contributed by atoms with Crippen LogP contribution < -0.4 is 11.0 Å². The lowest BCUT2D eigenvalue weighted by Crippen LogP contribution is -2.33. The minimum atomic E-state index is -1.42. The number of hydrogen-bond acceptors (Lipinski definition) is 7. The van der Waals surface area contributed by atoms with Crippen LogP contribution in [0.2, 0.25) is 0 Å². The van der Waals surface area contributed by atoms with Crippen LogP contribution in [0.15, 0.2) is 28.6 Å². The van der Waals surface area contributed by atoms with Gasteiger partial charge in [0.1, 0.15) is 12.4 Å². The molecule has 4 N–H and O–H groups in total. The van der Waals surface area contributed by atoms with E-state index in [0.717, 1.165) is 4.57 Å². The standard InChI is InChI=1S/C12H17N3O5/c1-6(2)13-8-3-4-15(12(19)14-8)11-10(18)9(17)7(5-16)20-11/h3-4,6,10-11,16-18H,5H2,1-2H3,(H,13,14,19)/t10?,11-/m1/s1. The molecule has 0 spiro atoms. The smallest absolute Gasteiger partial charge is 0.352 e. The molecule has 0 saturated heterocycles. The summed E-state index contributed by atoms with van der Waals surface area (Å²) in [5.74, 6) is -0.221. The van der Waals surface area contributed by atoms with E-state index in [0.29, 0.717) is 5.82 Å². The minimum absolute atomic E-state index is 0.123. The lowest BCUT2D eigenvalue weighted by atomic mass is 10.2. The molecule has 0 radical (unpaired) electrons. The summed E-state index contributed by atoms with van der Waals surface area (Å²) in [6, 6.07) is 1.68. The van der Waals surface area contributed by atoms with Gasteiger partial charge in [0.15, 0.2) is 17.6 Å². The van der Waals surface area contributed by atoms with Crippen LogP contribution in [0.25, 0.3) is 0 Å². The van der Waals surface area contributed by atoms with Gasteiger partial charge in [0, 0.05) is 12.2 Å². The first-order valence-electron chi connectivity index (χ1n) is 6.17. The van der Waals surface area contributed by atoms with Crippen molar-refractivity contribution in [2.45, 2.75) is 32.2 Å². The van der Waals surface area contributed by atoms with Gasteiger partial charge in [-0.05, 0) is 19.9 Å². The van der Waals surface area contributed by atoms with Gasteiger partial charge in [0.25, 0.3) is 0 Å². The zero-order valence-corrected chi connectivity index (χ0v) is 11.1. The van der Waals surface area contributed by atoms with Gasteiger partial charge in [0.05, 0.1) is 0 Å². The molecule has 1 aliphatic heterocycles. The molecule has 0 saturated carbocycles. The number of anilines is 1. The molecule has 0 fully saturated rings. The minimum Gasteiger partial charge on any atom is -0.506 e. The lowest BCUT2D eigenvalue weighted by Gasteiger charge is -2.18. The predicted molar refractivity (Wildman–Crippen MR) is 70.1 cm³/mol. The van der Waals surface area contributed by atoms with Gasteiger partial charge in [-0.25, -0.2) is 4.79 Å². The Kier molecular flexibility index (Phi) is 3.96. The normalized spacial score (nSPS) is 22.2. The first kappa shape index (κ1) is 14.4. The summed E-state index contributed by atoms with van der Waals surface area (Å²) in [5.41, 5.74) is -0.633. The molecule has 8 heteroatoms. The summed E-state index contributed by atoms with van der Waals surface area (Å²) >= 11 is 0. The zero-order chi connectivity index (χ0) is 14.9. The fourth-order valence-electron chi connectivity index (χ4n) is 1.88. The first-order valence-corrected chi connectivity index (χ1v) is 6.17. The van der Waals surface area contributed by atoms with E-state index in [4.69, 9.17) is 9.84 Å². The van der Waals surface area contributed by atoms with Crippen LogP contribution in [0.1, 0.15) is 20.1 Å². The van der Waals surface area contributed by atoms with Gasteiger partial charge in [-0.3, -0.25) is 4.57 Å². The van der Waals surface area contributed by atoms with Crippen LogP contribution in [0.3, 0.4) is 0 Å². The van der Waals surface area contributed by atoms with Gasteiger partial charge in [-0.1, -0.05) is 0 Å². The fourth-order valence-corrected chi connectivity index (χ4v) is 1.88. The van der Waals surface area contributed by atoms with E-state index >= 15 is 0 Å². The molecule has 110 valence electrons. The molecule has 1 aromatic heterocycles. The molecule has 1 aliphatic rings.